The van der Waals surface area contributed by atoms with Crippen LogP contribution in [0, 0.1) is 6.92 Å². The third-order valence-electron chi connectivity index (χ3n) is 2.43. The predicted octanol–water partition coefficient (Wildman–Crippen LogP) is 3.46. The van der Waals surface area contributed by atoms with Crippen LogP contribution in [0.2, 0.25) is 0 Å². The van der Waals surface area contributed by atoms with Gasteiger partial charge in [-0.15, -0.1) is 0 Å². The van der Waals surface area contributed by atoms with Gasteiger partial charge in [0.2, 0.25) is 0 Å². The highest BCUT2D eigenvalue weighted by molar-refractivity contribution is 9.09. The van der Waals surface area contributed by atoms with Crippen molar-refractivity contribution >= 4 is 15.9 Å². The zero-order chi connectivity index (χ0) is 11.4. The highest BCUT2D eigenvalue weighted by atomic mass is 79.9. The molecular weight excluding hydrogens is 264 g/mol. The van der Waals surface area contributed by atoms with Gasteiger partial charge in [-0.3, -0.25) is 9.97 Å². The number of halogens is 1. The van der Waals surface area contributed by atoms with E-state index >= 15 is 0 Å². The zero-order valence-corrected chi connectivity index (χ0v) is 10.7. The van der Waals surface area contributed by atoms with Crippen LogP contribution in [0.5, 0.6) is 0 Å². The molecule has 0 aromatic carbocycles. The largest absolute Gasteiger partial charge is 0.265 e. The molecule has 0 aliphatic heterocycles. The van der Waals surface area contributed by atoms with Crippen LogP contribution in [0.1, 0.15) is 21.6 Å². The fourth-order valence-electron chi connectivity index (χ4n) is 1.49. The van der Waals surface area contributed by atoms with Crippen molar-refractivity contribution in [1.29, 1.82) is 0 Å². The van der Waals surface area contributed by atoms with E-state index < -0.39 is 0 Å². The van der Waals surface area contributed by atoms with E-state index in [-0.39, 0.29) is 0 Å². The molecule has 0 fully saturated rings. The van der Waals surface area contributed by atoms with Gasteiger partial charge in [0.1, 0.15) is 0 Å². The molecular formula is C13H13BrN2. The summed E-state index contributed by atoms with van der Waals surface area (Å²) >= 11 is 3.67. The molecule has 0 spiro atoms. The Balaban J connectivity index is 2.08. The van der Waals surface area contributed by atoms with Crippen molar-refractivity contribution in [1.82, 2.24) is 9.97 Å². The van der Waals surface area contributed by atoms with Crippen molar-refractivity contribution in [2.45, 2.75) is 18.2 Å². The van der Waals surface area contributed by atoms with Gasteiger partial charge in [0, 0.05) is 35.5 Å². The molecule has 0 saturated carbocycles. The second-order valence-electron chi connectivity index (χ2n) is 3.78. The fourth-order valence-corrected chi connectivity index (χ4v) is 2.13. The lowest BCUT2D eigenvalue weighted by atomic mass is 10.1. The Hall–Kier alpha value is -1.22. The lowest BCUT2D eigenvalue weighted by Gasteiger charge is -2.09. The second kappa shape index (κ2) is 5.21. The molecule has 2 heterocycles. The molecule has 82 valence electrons. The lowest BCUT2D eigenvalue weighted by Crippen LogP contribution is -1.97. The van der Waals surface area contributed by atoms with E-state index in [2.05, 4.69) is 38.0 Å². The smallest absolute Gasteiger partial charge is 0.0451 e. The molecule has 0 radical (unpaired) electrons. The molecule has 0 bridgehead atoms. The van der Waals surface area contributed by atoms with Crippen LogP contribution in [0.25, 0.3) is 0 Å². The third-order valence-corrected chi connectivity index (χ3v) is 3.28. The molecule has 1 atom stereocenters. The summed E-state index contributed by atoms with van der Waals surface area (Å²) < 4.78 is 0. The maximum absolute atomic E-state index is 4.40. The van der Waals surface area contributed by atoms with E-state index in [0.717, 1.165) is 12.1 Å². The summed E-state index contributed by atoms with van der Waals surface area (Å²) in [6, 6.07) is 8.21. The molecule has 2 aromatic rings. The zero-order valence-electron chi connectivity index (χ0n) is 9.10. The van der Waals surface area contributed by atoms with Crippen molar-refractivity contribution in [2.75, 3.05) is 0 Å². The van der Waals surface area contributed by atoms with Gasteiger partial charge in [0.05, 0.1) is 0 Å². The van der Waals surface area contributed by atoms with Crippen LogP contribution >= 0.6 is 15.9 Å². The summed E-state index contributed by atoms with van der Waals surface area (Å²) in [5, 5.41) is 0. The topological polar surface area (TPSA) is 25.8 Å². The van der Waals surface area contributed by atoms with E-state index in [0.29, 0.717) is 4.83 Å². The summed E-state index contributed by atoms with van der Waals surface area (Å²) in [6.07, 6.45) is 6.42. The van der Waals surface area contributed by atoms with Crippen LogP contribution < -0.4 is 0 Å². The second-order valence-corrected chi connectivity index (χ2v) is 4.88. The number of nitrogens with zero attached hydrogens (tertiary/aromatic N) is 2. The summed E-state index contributed by atoms with van der Waals surface area (Å²) in [4.78, 5) is 8.71. The lowest BCUT2D eigenvalue weighted by molar-refractivity contribution is 0.899. The van der Waals surface area contributed by atoms with Gasteiger partial charge in [0.15, 0.2) is 0 Å². The molecule has 16 heavy (non-hydrogen) atoms. The molecule has 2 nitrogen and oxygen atoms in total. The quantitative estimate of drug-likeness (QED) is 0.803. The Morgan fingerprint density at radius 2 is 1.94 bits per heavy atom. The number of aryl methyl sites for hydroxylation is 1. The summed E-state index contributed by atoms with van der Waals surface area (Å²) in [5.41, 5.74) is 3.53. The Labute approximate surface area is 104 Å². The van der Waals surface area contributed by atoms with E-state index in [1.54, 1.807) is 0 Å². The Bertz CT molecular complexity index is 439. The van der Waals surface area contributed by atoms with Crippen LogP contribution in [-0.4, -0.2) is 9.97 Å². The predicted molar refractivity (Wildman–Crippen MR) is 68.6 cm³/mol. The summed E-state index contributed by atoms with van der Waals surface area (Å²) in [6.45, 7) is 2.05. The van der Waals surface area contributed by atoms with Gasteiger partial charge in [-0.2, -0.15) is 0 Å². The van der Waals surface area contributed by atoms with Crippen molar-refractivity contribution in [2.24, 2.45) is 0 Å². The maximum atomic E-state index is 4.40. The average Bonchev–Trinajstić information content (AvgIpc) is 2.33. The van der Waals surface area contributed by atoms with Crippen molar-refractivity contribution < 1.29 is 0 Å². The first-order chi connectivity index (χ1) is 7.75. The van der Waals surface area contributed by atoms with Crippen LogP contribution in [0.15, 0.2) is 42.9 Å². The molecule has 0 N–H and O–H groups in total. The molecule has 0 aliphatic carbocycles. The monoisotopic (exact) mass is 276 g/mol. The minimum atomic E-state index is 0.297. The van der Waals surface area contributed by atoms with Crippen LogP contribution in [0.4, 0.5) is 0 Å². The fraction of sp³-hybridized carbons (Fsp3) is 0.231. The normalized spacial score (nSPS) is 12.4. The van der Waals surface area contributed by atoms with Gasteiger partial charge >= 0.3 is 0 Å². The Morgan fingerprint density at radius 3 is 2.56 bits per heavy atom. The Kier molecular flexibility index (Phi) is 3.67. The SMILES string of the molecule is Cc1ccc(CC(Br)c2ccncc2)nc1. The van der Waals surface area contributed by atoms with Gasteiger partial charge in [0.25, 0.3) is 0 Å². The molecule has 2 aromatic heterocycles. The molecule has 0 amide bonds. The molecule has 1 unspecified atom stereocenters. The number of hydrogen-bond acceptors (Lipinski definition) is 2. The van der Waals surface area contributed by atoms with Gasteiger partial charge in [-0.25, -0.2) is 0 Å². The first-order valence-corrected chi connectivity index (χ1v) is 6.13. The van der Waals surface area contributed by atoms with Crippen LogP contribution in [0.3, 0.4) is 0 Å². The number of rotatable bonds is 3. The standard InChI is InChI=1S/C13H13BrN2/c1-10-2-3-12(16-9-10)8-13(14)11-4-6-15-7-5-11/h2-7,9,13H,8H2,1H3. The Morgan fingerprint density at radius 1 is 1.19 bits per heavy atom. The summed E-state index contributed by atoms with van der Waals surface area (Å²) in [5.74, 6) is 0. The van der Waals surface area contributed by atoms with Gasteiger partial charge in [-0.05, 0) is 36.2 Å². The van der Waals surface area contributed by atoms with E-state index in [1.807, 2.05) is 37.6 Å². The first kappa shape index (κ1) is 11.3. The number of alkyl halides is 1. The minimum Gasteiger partial charge on any atom is -0.265 e. The van der Waals surface area contributed by atoms with E-state index in [9.17, 15) is 0 Å². The first-order valence-electron chi connectivity index (χ1n) is 5.21. The van der Waals surface area contributed by atoms with E-state index in [4.69, 9.17) is 0 Å². The minimum absolute atomic E-state index is 0.297. The molecule has 2 rings (SSSR count). The van der Waals surface area contributed by atoms with Gasteiger partial charge in [-0.1, -0.05) is 22.0 Å². The summed E-state index contributed by atoms with van der Waals surface area (Å²) in [7, 11) is 0. The van der Waals surface area contributed by atoms with Crippen LogP contribution in [-0.2, 0) is 6.42 Å². The van der Waals surface area contributed by atoms with Gasteiger partial charge < -0.3 is 0 Å². The molecule has 0 aliphatic rings. The van der Waals surface area contributed by atoms with Crippen molar-refractivity contribution in [3.63, 3.8) is 0 Å². The highest BCUT2D eigenvalue weighted by Gasteiger charge is 2.08. The molecule has 0 saturated heterocycles. The number of pyridine rings is 2. The molecule has 3 heteroatoms. The average molecular weight is 277 g/mol. The number of hydrogen-bond donors (Lipinski definition) is 0. The highest BCUT2D eigenvalue weighted by Crippen LogP contribution is 2.25. The third kappa shape index (κ3) is 2.89. The number of aromatic nitrogens is 2. The maximum Gasteiger partial charge on any atom is 0.0451 e. The van der Waals surface area contributed by atoms with E-state index in [1.165, 1.54) is 11.1 Å². The van der Waals surface area contributed by atoms with Crippen molar-refractivity contribution in [3.8, 4) is 0 Å². The van der Waals surface area contributed by atoms with Crippen molar-refractivity contribution in [3.05, 3.63) is 59.7 Å².